The summed E-state index contributed by atoms with van der Waals surface area (Å²) in [7, 11) is -2.96. The average Bonchev–Trinajstić information content (AvgIpc) is 2.39. The van der Waals surface area contributed by atoms with E-state index in [0.717, 1.165) is 24.8 Å². The lowest BCUT2D eigenvalue weighted by Gasteiger charge is -2.33. The zero-order valence-electron chi connectivity index (χ0n) is 12.2. The predicted octanol–water partition coefficient (Wildman–Crippen LogP) is 2.10. The molecule has 0 bridgehead atoms. The third-order valence-electron chi connectivity index (χ3n) is 4.32. The van der Waals surface area contributed by atoms with Gasteiger partial charge in [0.2, 0.25) is 0 Å². The molecule has 1 aliphatic rings. The Morgan fingerprint density at radius 2 is 2.10 bits per heavy atom. The maximum Gasteiger partial charge on any atom is 0.150 e. The first-order chi connectivity index (χ1) is 9.41. The summed E-state index contributed by atoms with van der Waals surface area (Å²) in [6, 6.07) is 8.28. The Morgan fingerprint density at radius 1 is 1.35 bits per heavy atom. The lowest BCUT2D eigenvalue weighted by atomic mass is 9.81. The van der Waals surface area contributed by atoms with E-state index in [1.165, 1.54) is 11.8 Å². The highest BCUT2D eigenvalue weighted by atomic mass is 32.2. The third kappa shape index (κ3) is 3.59. The van der Waals surface area contributed by atoms with Crippen LogP contribution in [0, 0.1) is 12.8 Å². The van der Waals surface area contributed by atoms with Crippen molar-refractivity contribution in [1.82, 2.24) is 5.43 Å². The molecule has 0 aromatic heterocycles. The van der Waals surface area contributed by atoms with Gasteiger partial charge >= 0.3 is 0 Å². The summed E-state index contributed by atoms with van der Waals surface area (Å²) in [5.74, 6) is 6.01. The molecule has 0 heterocycles. The minimum absolute atomic E-state index is 0.0273. The molecule has 112 valence electrons. The maximum absolute atomic E-state index is 11.8. The monoisotopic (exact) mass is 296 g/mol. The molecule has 1 fully saturated rings. The van der Waals surface area contributed by atoms with Gasteiger partial charge in [0.05, 0.1) is 5.25 Å². The largest absolute Gasteiger partial charge is 0.271 e. The summed E-state index contributed by atoms with van der Waals surface area (Å²) in [5.41, 5.74) is 5.23. The number of nitrogens with one attached hydrogen (secondary N) is 1. The molecule has 1 saturated carbocycles. The first-order valence-corrected chi connectivity index (χ1v) is 9.09. The molecule has 0 aliphatic heterocycles. The predicted molar refractivity (Wildman–Crippen MR) is 81.8 cm³/mol. The van der Waals surface area contributed by atoms with Crippen LogP contribution >= 0.6 is 0 Å². The lowest BCUT2D eigenvalue weighted by molar-refractivity contribution is 0.274. The van der Waals surface area contributed by atoms with Crippen LogP contribution in [0.1, 0.15) is 42.9 Å². The van der Waals surface area contributed by atoms with Gasteiger partial charge in [0.1, 0.15) is 9.84 Å². The number of hydrazine groups is 1. The van der Waals surface area contributed by atoms with E-state index >= 15 is 0 Å². The van der Waals surface area contributed by atoms with Gasteiger partial charge < -0.3 is 0 Å². The van der Waals surface area contributed by atoms with Crippen LogP contribution in [0.3, 0.4) is 0 Å². The molecule has 0 spiro atoms. The number of hydrogen-bond acceptors (Lipinski definition) is 4. The molecular weight excluding hydrogens is 272 g/mol. The molecule has 20 heavy (non-hydrogen) atoms. The highest BCUT2D eigenvalue weighted by molar-refractivity contribution is 7.91. The fourth-order valence-electron chi connectivity index (χ4n) is 3.24. The molecule has 2 rings (SSSR count). The number of aryl methyl sites for hydroxylation is 1. The quantitative estimate of drug-likeness (QED) is 0.659. The van der Waals surface area contributed by atoms with Crippen molar-refractivity contribution in [2.45, 2.75) is 43.9 Å². The van der Waals surface area contributed by atoms with Gasteiger partial charge in [-0.05, 0) is 37.7 Å². The molecule has 1 aromatic rings. The van der Waals surface area contributed by atoms with Gasteiger partial charge in [0, 0.05) is 12.3 Å². The van der Waals surface area contributed by atoms with Gasteiger partial charge in [-0.1, -0.05) is 36.2 Å². The Balaban J connectivity index is 2.19. The van der Waals surface area contributed by atoms with Crippen LogP contribution in [0.25, 0.3) is 0 Å². The highest BCUT2D eigenvalue weighted by Crippen LogP contribution is 2.36. The van der Waals surface area contributed by atoms with Crippen molar-refractivity contribution >= 4 is 9.84 Å². The zero-order chi connectivity index (χ0) is 14.8. The van der Waals surface area contributed by atoms with Crippen molar-refractivity contribution in [2.75, 3.05) is 6.26 Å². The van der Waals surface area contributed by atoms with Crippen LogP contribution in [0.2, 0.25) is 0 Å². The van der Waals surface area contributed by atoms with E-state index in [1.807, 2.05) is 6.07 Å². The van der Waals surface area contributed by atoms with Crippen molar-refractivity contribution in [1.29, 1.82) is 0 Å². The number of rotatable bonds is 4. The van der Waals surface area contributed by atoms with Gasteiger partial charge in [0.15, 0.2) is 0 Å². The van der Waals surface area contributed by atoms with E-state index in [0.29, 0.717) is 6.42 Å². The van der Waals surface area contributed by atoms with E-state index in [2.05, 4.69) is 30.5 Å². The molecule has 0 radical (unpaired) electrons. The maximum atomic E-state index is 11.8. The van der Waals surface area contributed by atoms with Crippen LogP contribution in [0.15, 0.2) is 24.3 Å². The van der Waals surface area contributed by atoms with Crippen molar-refractivity contribution in [3.05, 3.63) is 35.4 Å². The van der Waals surface area contributed by atoms with Crippen molar-refractivity contribution in [3.8, 4) is 0 Å². The summed E-state index contributed by atoms with van der Waals surface area (Å²) < 4.78 is 23.6. The van der Waals surface area contributed by atoms with Crippen molar-refractivity contribution in [3.63, 3.8) is 0 Å². The number of benzene rings is 1. The Kier molecular flexibility index (Phi) is 4.83. The standard InChI is InChI=1S/C15H24N2O2S/c1-11-5-3-6-12(9-11)15(17-16)13-7-4-8-14(10-13)20(2,18)19/h3,5-6,9,13-15,17H,4,7-8,10,16H2,1-2H3. The highest BCUT2D eigenvalue weighted by Gasteiger charge is 2.33. The third-order valence-corrected chi connectivity index (χ3v) is 5.96. The number of sulfone groups is 1. The molecule has 3 atom stereocenters. The SMILES string of the molecule is Cc1cccc(C(NN)C2CCCC(S(C)(=O)=O)C2)c1. The second kappa shape index (κ2) is 6.24. The van der Waals surface area contributed by atoms with Gasteiger partial charge in [-0.2, -0.15) is 0 Å². The van der Waals surface area contributed by atoms with Crippen molar-refractivity contribution < 1.29 is 8.42 Å². The molecule has 3 unspecified atom stereocenters. The fourth-order valence-corrected chi connectivity index (χ4v) is 4.43. The summed E-state index contributed by atoms with van der Waals surface area (Å²) >= 11 is 0. The molecular formula is C15H24N2O2S. The smallest absolute Gasteiger partial charge is 0.150 e. The lowest BCUT2D eigenvalue weighted by Crippen LogP contribution is -2.38. The topological polar surface area (TPSA) is 72.2 Å². The van der Waals surface area contributed by atoms with Crippen LogP contribution in [-0.4, -0.2) is 19.9 Å². The van der Waals surface area contributed by atoms with Crippen LogP contribution in [0.4, 0.5) is 0 Å². The van der Waals surface area contributed by atoms with Gasteiger partial charge in [-0.15, -0.1) is 0 Å². The first kappa shape index (κ1) is 15.5. The summed E-state index contributed by atoms with van der Waals surface area (Å²) in [6.45, 7) is 2.05. The number of hydrogen-bond donors (Lipinski definition) is 2. The van der Waals surface area contributed by atoms with E-state index in [1.54, 1.807) is 0 Å². The Morgan fingerprint density at radius 3 is 2.70 bits per heavy atom. The number of nitrogens with two attached hydrogens (primary N) is 1. The molecule has 5 heteroatoms. The van der Waals surface area contributed by atoms with E-state index < -0.39 is 9.84 Å². The van der Waals surface area contributed by atoms with Gasteiger partial charge in [-0.3, -0.25) is 11.3 Å². The Labute approximate surface area is 121 Å². The fraction of sp³-hybridized carbons (Fsp3) is 0.600. The summed E-state index contributed by atoms with van der Waals surface area (Å²) in [4.78, 5) is 0. The molecule has 0 amide bonds. The molecule has 1 aliphatic carbocycles. The van der Waals surface area contributed by atoms with Crippen LogP contribution < -0.4 is 11.3 Å². The minimum Gasteiger partial charge on any atom is -0.271 e. The summed E-state index contributed by atoms with van der Waals surface area (Å²) in [6.07, 6.45) is 4.79. The second-order valence-corrected chi connectivity index (χ2v) is 8.26. The Bertz CT molecular complexity index is 557. The molecule has 0 saturated heterocycles. The average molecular weight is 296 g/mol. The van der Waals surface area contributed by atoms with E-state index in [4.69, 9.17) is 5.84 Å². The summed E-state index contributed by atoms with van der Waals surface area (Å²) in [5, 5.41) is -0.220. The van der Waals surface area contributed by atoms with E-state index in [9.17, 15) is 8.42 Å². The first-order valence-electron chi connectivity index (χ1n) is 7.13. The van der Waals surface area contributed by atoms with E-state index in [-0.39, 0.29) is 17.2 Å². The molecule has 1 aromatic carbocycles. The van der Waals surface area contributed by atoms with Gasteiger partial charge in [0.25, 0.3) is 0 Å². The zero-order valence-corrected chi connectivity index (χ0v) is 13.0. The normalized spacial score (nSPS) is 25.4. The molecule has 3 N–H and O–H groups in total. The minimum atomic E-state index is -2.96. The Hall–Kier alpha value is -0.910. The van der Waals surface area contributed by atoms with Gasteiger partial charge in [-0.25, -0.2) is 8.42 Å². The van der Waals surface area contributed by atoms with Crippen LogP contribution in [0.5, 0.6) is 0 Å². The van der Waals surface area contributed by atoms with Crippen LogP contribution in [-0.2, 0) is 9.84 Å². The second-order valence-electron chi connectivity index (χ2n) is 5.94. The molecule has 4 nitrogen and oxygen atoms in total. The van der Waals surface area contributed by atoms with Crippen molar-refractivity contribution in [2.24, 2.45) is 11.8 Å².